The molecule has 0 aliphatic rings. The Balaban J connectivity index is 1.96. The Hall–Kier alpha value is -1.42. The standard InChI is InChI=1S/C14H14Cl2N2O/c15-11-3-1-9(13(17)5-11)7-19-8-10-2-4-12(16)6-14(10)18/h1-6H,7-8,17-18H2. The zero-order valence-corrected chi connectivity index (χ0v) is 11.7. The third-order valence-corrected chi connectivity index (χ3v) is 3.20. The molecule has 0 radical (unpaired) electrons. The molecule has 2 rings (SSSR count). The van der Waals surface area contributed by atoms with Crippen LogP contribution in [0.4, 0.5) is 11.4 Å². The molecule has 0 fully saturated rings. The van der Waals surface area contributed by atoms with Crippen molar-refractivity contribution >= 4 is 34.6 Å². The van der Waals surface area contributed by atoms with Crippen LogP contribution in [0.25, 0.3) is 0 Å². The Labute approximate surface area is 122 Å². The van der Waals surface area contributed by atoms with Crippen molar-refractivity contribution in [3.8, 4) is 0 Å². The molecule has 0 atom stereocenters. The summed E-state index contributed by atoms with van der Waals surface area (Å²) in [5.41, 5.74) is 14.7. The Morgan fingerprint density at radius 1 is 0.789 bits per heavy atom. The quantitative estimate of drug-likeness (QED) is 0.842. The number of anilines is 2. The van der Waals surface area contributed by atoms with Crippen molar-refractivity contribution in [2.75, 3.05) is 11.5 Å². The first-order valence-electron chi connectivity index (χ1n) is 5.72. The minimum Gasteiger partial charge on any atom is -0.398 e. The van der Waals surface area contributed by atoms with E-state index < -0.39 is 0 Å². The van der Waals surface area contributed by atoms with Gasteiger partial charge >= 0.3 is 0 Å². The maximum atomic E-state index is 5.84. The van der Waals surface area contributed by atoms with Crippen molar-refractivity contribution in [1.29, 1.82) is 0 Å². The van der Waals surface area contributed by atoms with E-state index in [4.69, 9.17) is 39.4 Å². The topological polar surface area (TPSA) is 61.3 Å². The second kappa shape index (κ2) is 6.15. The monoisotopic (exact) mass is 296 g/mol. The number of benzene rings is 2. The fourth-order valence-corrected chi connectivity index (χ4v) is 2.03. The minimum absolute atomic E-state index is 0.408. The summed E-state index contributed by atoms with van der Waals surface area (Å²) in [6, 6.07) is 10.7. The summed E-state index contributed by atoms with van der Waals surface area (Å²) in [5.74, 6) is 0. The van der Waals surface area contributed by atoms with Gasteiger partial charge in [0, 0.05) is 32.5 Å². The van der Waals surface area contributed by atoms with Gasteiger partial charge in [0.15, 0.2) is 0 Å². The summed E-state index contributed by atoms with van der Waals surface area (Å²) in [6.07, 6.45) is 0. The Morgan fingerprint density at radius 2 is 1.21 bits per heavy atom. The largest absolute Gasteiger partial charge is 0.398 e. The SMILES string of the molecule is Nc1cc(Cl)ccc1COCc1ccc(Cl)cc1N. The molecule has 3 nitrogen and oxygen atoms in total. The zero-order valence-electron chi connectivity index (χ0n) is 10.2. The predicted molar refractivity (Wildman–Crippen MR) is 80.2 cm³/mol. The molecule has 19 heavy (non-hydrogen) atoms. The summed E-state index contributed by atoms with van der Waals surface area (Å²) in [5, 5.41) is 1.23. The molecule has 0 unspecified atom stereocenters. The van der Waals surface area contributed by atoms with Gasteiger partial charge in [0.25, 0.3) is 0 Å². The van der Waals surface area contributed by atoms with Crippen LogP contribution in [0, 0.1) is 0 Å². The lowest BCUT2D eigenvalue weighted by Crippen LogP contribution is -2.00. The lowest BCUT2D eigenvalue weighted by Gasteiger charge is -2.09. The van der Waals surface area contributed by atoms with E-state index in [0.717, 1.165) is 11.1 Å². The van der Waals surface area contributed by atoms with Gasteiger partial charge in [0.1, 0.15) is 0 Å². The van der Waals surface area contributed by atoms with Gasteiger partial charge in [-0.15, -0.1) is 0 Å². The summed E-state index contributed by atoms with van der Waals surface area (Å²) in [7, 11) is 0. The molecule has 0 spiro atoms. The number of hydrogen-bond acceptors (Lipinski definition) is 3. The summed E-state index contributed by atoms with van der Waals surface area (Å²) in [4.78, 5) is 0. The van der Waals surface area contributed by atoms with Gasteiger partial charge in [-0.3, -0.25) is 0 Å². The molecular formula is C14H14Cl2N2O. The van der Waals surface area contributed by atoms with Crippen LogP contribution in [0.5, 0.6) is 0 Å². The average molecular weight is 297 g/mol. The van der Waals surface area contributed by atoms with Crippen LogP contribution in [0.15, 0.2) is 36.4 Å². The van der Waals surface area contributed by atoms with E-state index in [1.165, 1.54) is 0 Å². The van der Waals surface area contributed by atoms with Crippen molar-refractivity contribution in [3.05, 3.63) is 57.6 Å². The lowest BCUT2D eigenvalue weighted by atomic mass is 10.2. The molecule has 2 aromatic carbocycles. The molecule has 0 aliphatic carbocycles. The van der Waals surface area contributed by atoms with Gasteiger partial charge in [0.2, 0.25) is 0 Å². The molecule has 2 aromatic rings. The molecular weight excluding hydrogens is 283 g/mol. The van der Waals surface area contributed by atoms with Crippen LogP contribution in [0.2, 0.25) is 10.0 Å². The van der Waals surface area contributed by atoms with Gasteiger partial charge in [-0.1, -0.05) is 35.3 Å². The van der Waals surface area contributed by atoms with E-state index >= 15 is 0 Å². The first kappa shape index (κ1) is 14.0. The predicted octanol–water partition coefficient (Wildman–Crippen LogP) is 3.87. The van der Waals surface area contributed by atoms with Gasteiger partial charge in [-0.25, -0.2) is 0 Å². The van der Waals surface area contributed by atoms with Crippen molar-refractivity contribution in [2.24, 2.45) is 0 Å². The van der Waals surface area contributed by atoms with Crippen molar-refractivity contribution in [2.45, 2.75) is 13.2 Å². The molecule has 0 bridgehead atoms. The highest BCUT2D eigenvalue weighted by molar-refractivity contribution is 6.31. The van der Waals surface area contributed by atoms with E-state index in [9.17, 15) is 0 Å². The third kappa shape index (κ3) is 3.77. The first-order chi connectivity index (χ1) is 9.06. The molecule has 0 heterocycles. The Bertz CT molecular complexity index is 536. The Kier molecular flexibility index (Phi) is 4.53. The van der Waals surface area contributed by atoms with Gasteiger partial charge in [-0.05, 0) is 24.3 Å². The molecule has 4 N–H and O–H groups in total. The molecule has 5 heteroatoms. The summed E-state index contributed by atoms with van der Waals surface area (Å²) >= 11 is 11.7. The molecule has 0 saturated carbocycles. The molecule has 0 aromatic heterocycles. The Morgan fingerprint density at radius 3 is 1.58 bits per heavy atom. The fourth-order valence-electron chi connectivity index (χ4n) is 1.67. The number of rotatable bonds is 4. The van der Waals surface area contributed by atoms with Gasteiger partial charge in [0.05, 0.1) is 13.2 Å². The minimum atomic E-state index is 0.408. The number of halogens is 2. The number of nitrogens with two attached hydrogens (primary N) is 2. The van der Waals surface area contributed by atoms with Crippen LogP contribution in [-0.2, 0) is 18.0 Å². The van der Waals surface area contributed by atoms with Gasteiger partial charge in [-0.2, -0.15) is 0 Å². The third-order valence-electron chi connectivity index (χ3n) is 2.73. The van der Waals surface area contributed by atoms with Crippen LogP contribution in [0.3, 0.4) is 0 Å². The maximum absolute atomic E-state index is 5.84. The zero-order chi connectivity index (χ0) is 13.8. The summed E-state index contributed by atoms with van der Waals surface area (Å²) < 4.78 is 5.60. The highest BCUT2D eigenvalue weighted by Gasteiger charge is 2.03. The molecule has 0 amide bonds. The van der Waals surface area contributed by atoms with E-state index in [-0.39, 0.29) is 0 Å². The lowest BCUT2D eigenvalue weighted by molar-refractivity contribution is 0.108. The molecule has 0 saturated heterocycles. The van der Waals surface area contributed by atoms with E-state index in [2.05, 4.69) is 0 Å². The summed E-state index contributed by atoms with van der Waals surface area (Å²) in [6.45, 7) is 0.816. The molecule has 100 valence electrons. The average Bonchev–Trinajstić information content (AvgIpc) is 2.34. The van der Waals surface area contributed by atoms with E-state index in [1.54, 1.807) is 24.3 Å². The van der Waals surface area contributed by atoms with Crippen LogP contribution in [0.1, 0.15) is 11.1 Å². The van der Waals surface area contributed by atoms with E-state index in [0.29, 0.717) is 34.6 Å². The van der Waals surface area contributed by atoms with Gasteiger partial charge < -0.3 is 16.2 Å². The number of nitrogen functional groups attached to an aromatic ring is 2. The van der Waals surface area contributed by atoms with Crippen LogP contribution >= 0.6 is 23.2 Å². The highest BCUT2D eigenvalue weighted by Crippen LogP contribution is 2.21. The second-order valence-electron chi connectivity index (χ2n) is 4.18. The van der Waals surface area contributed by atoms with E-state index in [1.807, 2.05) is 12.1 Å². The second-order valence-corrected chi connectivity index (χ2v) is 5.05. The number of ether oxygens (including phenoxy) is 1. The maximum Gasteiger partial charge on any atom is 0.0741 e. The van der Waals surface area contributed by atoms with Crippen LogP contribution in [-0.4, -0.2) is 0 Å². The fraction of sp³-hybridized carbons (Fsp3) is 0.143. The normalized spacial score (nSPS) is 10.6. The van der Waals surface area contributed by atoms with Crippen molar-refractivity contribution in [3.63, 3.8) is 0 Å². The molecule has 0 aliphatic heterocycles. The van der Waals surface area contributed by atoms with Crippen molar-refractivity contribution in [1.82, 2.24) is 0 Å². The van der Waals surface area contributed by atoms with Crippen molar-refractivity contribution < 1.29 is 4.74 Å². The first-order valence-corrected chi connectivity index (χ1v) is 6.47. The van der Waals surface area contributed by atoms with Crippen LogP contribution < -0.4 is 11.5 Å². The smallest absolute Gasteiger partial charge is 0.0741 e. The highest BCUT2D eigenvalue weighted by atomic mass is 35.5. The number of hydrogen-bond donors (Lipinski definition) is 2.